The number of para-hydroxylation sites is 1. The van der Waals surface area contributed by atoms with E-state index in [1.807, 2.05) is 48.5 Å². The second kappa shape index (κ2) is 9.97. The Morgan fingerprint density at radius 2 is 1.81 bits per heavy atom. The molecule has 1 saturated heterocycles. The molecule has 0 unspecified atom stereocenters. The average molecular weight is 466 g/mol. The predicted octanol–water partition coefficient (Wildman–Crippen LogP) is 5.81. The van der Waals surface area contributed by atoms with Crippen LogP contribution in [0.25, 0.3) is 6.08 Å². The van der Waals surface area contributed by atoms with Crippen LogP contribution >= 0.6 is 24.0 Å². The highest BCUT2D eigenvalue weighted by Crippen LogP contribution is 2.35. The van der Waals surface area contributed by atoms with Gasteiger partial charge in [0.25, 0.3) is 5.91 Å². The number of benzene rings is 3. The number of rotatable bonds is 7. The van der Waals surface area contributed by atoms with E-state index >= 15 is 0 Å². The van der Waals surface area contributed by atoms with Gasteiger partial charge in [-0.15, -0.1) is 0 Å². The van der Waals surface area contributed by atoms with E-state index in [2.05, 4.69) is 0 Å². The molecule has 0 aromatic heterocycles. The molecule has 0 aliphatic carbocycles. The van der Waals surface area contributed by atoms with E-state index in [0.717, 1.165) is 22.4 Å². The van der Waals surface area contributed by atoms with Crippen LogP contribution in [0.3, 0.4) is 0 Å². The number of hydrogen-bond donors (Lipinski definition) is 0. The Kier molecular flexibility index (Phi) is 6.87. The smallest absolute Gasteiger partial charge is 0.266 e. The van der Waals surface area contributed by atoms with Crippen molar-refractivity contribution in [3.05, 3.63) is 100 Å². The van der Waals surface area contributed by atoms with Crippen molar-refractivity contribution >= 4 is 40.3 Å². The van der Waals surface area contributed by atoms with Gasteiger partial charge in [0.1, 0.15) is 28.2 Å². The molecule has 3 aromatic carbocycles. The average Bonchev–Trinajstić information content (AvgIpc) is 3.06. The zero-order chi connectivity index (χ0) is 22.5. The Morgan fingerprint density at radius 1 is 1.03 bits per heavy atom. The van der Waals surface area contributed by atoms with E-state index in [9.17, 15) is 9.18 Å². The Balaban J connectivity index is 1.50. The van der Waals surface area contributed by atoms with Crippen LogP contribution in [0.5, 0.6) is 11.5 Å². The molecule has 0 atom stereocenters. The molecule has 3 aromatic rings. The van der Waals surface area contributed by atoms with E-state index in [-0.39, 0.29) is 18.3 Å². The van der Waals surface area contributed by atoms with Crippen molar-refractivity contribution in [3.63, 3.8) is 0 Å². The van der Waals surface area contributed by atoms with E-state index in [1.54, 1.807) is 30.2 Å². The number of thioether (sulfide) groups is 1. The number of carbonyl (C=O) groups is 1. The van der Waals surface area contributed by atoms with Gasteiger partial charge in [-0.2, -0.15) is 0 Å². The Hall–Kier alpha value is -3.16. The standard InChI is InChI=1S/C25H20FNO3S2/c1-29-21-11-9-17(10-12-21)15-27-24(28)23(32-25(27)31)14-19-6-2-3-8-22(19)30-16-18-5-4-7-20(26)13-18/h2-14H,15-16H2,1H3/b23-14-. The number of carbonyl (C=O) groups excluding carboxylic acids is 1. The van der Waals surface area contributed by atoms with Crippen LogP contribution in [0.1, 0.15) is 16.7 Å². The highest BCUT2D eigenvalue weighted by Gasteiger charge is 2.32. The van der Waals surface area contributed by atoms with Gasteiger partial charge in [-0.3, -0.25) is 9.69 Å². The third kappa shape index (κ3) is 5.18. The summed E-state index contributed by atoms with van der Waals surface area (Å²) in [6.07, 6.45) is 1.79. The molecule has 32 heavy (non-hydrogen) atoms. The fraction of sp³-hybridized carbons (Fsp3) is 0.120. The summed E-state index contributed by atoms with van der Waals surface area (Å²) in [5.74, 6) is 0.918. The molecule has 1 heterocycles. The van der Waals surface area contributed by atoms with Gasteiger partial charge in [-0.05, 0) is 47.5 Å². The number of thiocarbonyl (C=S) groups is 1. The third-order valence-corrected chi connectivity index (χ3v) is 6.24. The van der Waals surface area contributed by atoms with Crippen LogP contribution in [-0.4, -0.2) is 22.2 Å². The van der Waals surface area contributed by atoms with Crippen LogP contribution < -0.4 is 9.47 Å². The second-order valence-electron chi connectivity index (χ2n) is 7.07. The number of methoxy groups -OCH3 is 1. The van der Waals surface area contributed by atoms with Crippen LogP contribution in [-0.2, 0) is 17.9 Å². The molecule has 1 aliphatic rings. The SMILES string of the molecule is COc1ccc(CN2C(=O)/C(=C/c3ccccc3OCc3cccc(F)c3)SC2=S)cc1. The summed E-state index contributed by atoms with van der Waals surface area (Å²) in [6.45, 7) is 0.616. The van der Waals surface area contributed by atoms with Crippen molar-refractivity contribution in [1.82, 2.24) is 4.90 Å². The summed E-state index contributed by atoms with van der Waals surface area (Å²) < 4.78 is 25.0. The molecule has 7 heteroatoms. The Labute approximate surface area is 195 Å². The first-order valence-corrected chi connectivity index (χ1v) is 11.1. The molecular weight excluding hydrogens is 445 g/mol. The Bertz CT molecular complexity index is 1180. The van der Waals surface area contributed by atoms with Crippen molar-refractivity contribution in [3.8, 4) is 11.5 Å². The van der Waals surface area contributed by atoms with Gasteiger partial charge < -0.3 is 9.47 Å². The zero-order valence-corrected chi connectivity index (χ0v) is 18.9. The topological polar surface area (TPSA) is 38.8 Å². The summed E-state index contributed by atoms with van der Waals surface area (Å²) in [4.78, 5) is 15.1. The van der Waals surface area contributed by atoms with Gasteiger partial charge in [-0.25, -0.2) is 4.39 Å². The number of nitrogens with zero attached hydrogens (tertiary/aromatic N) is 1. The molecule has 1 fully saturated rings. The number of halogens is 1. The fourth-order valence-corrected chi connectivity index (χ4v) is 4.46. The lowest BCUT2D eigenvalue weighted by atomic mass is 10.1. The van der Waals surface area contributed by atoms with Crippen molar-refractivity contribution in [2.24, 2.45) is 0 Å². The largest absolute Gasteiger partial charge is 0.497 e. The van der Waals surface area contributed by atoms with Crippen molar-refractivity contribution in [2.75, 3.05) is 7.11 Å². The molecule has 0 N–H and O–H groups in total. The summed E-state index contributed by atoms with van der Waals surface area (Å²) in [7, 11) is 1.61. The number of ether oxygens (including phenoxy) is 2. The maximum absolute atomic E-state index is 13.4. The first-order chi connectivity index (χ1) is 15.5. The molecular formula is C25H20FNO3S2. The van der Waals surface area contributed by atoms with E-state index in [0.29, 0.717) is 21.5 Å². The summed E-state index contributed by atoms with van der Waals surface area (Å²) >= 11 is 6.72. The molecule has 162 valence electrons. The molecule has 0 saturated carbocycles. The van der Waals surface area contributed by atoms with Crippen molar-refractivity contribution < 1.29 is 18.7 Å². The third-order valence-electron chi connectivity index (χ3n) is 4.86. The Morgan fingerprint density at radius 3 is 2.56 bits per heavy atom. The minimum atomic E-state index is -0.306. The molecule has 4 nitrogen and oxygen atoms in total. The lowest BCUT2D eigenvalue weighted by Gasteiger charge is -2.14. The lowest BCUT2D eigenvalue weighted by Crippen LogP contribution is -2.27. The van der Waals surface area contributed by atoms with Gasteiger partial charge in [0, 0.05) is 5.56 Å². The summed E-state index contributed by atoms with van der Waals surface area (Å²) in [5, 5.41) is 0. The first kappa shape index (κ1) is 22.0. The number of amides is 1. The monoisotopic (exact) mass is 465 g/mol. The van der Waals surface area contributed by atoms with Gasteiger partial charge in [-0.1, -0.05) is 66.4 Å². The van der Waals surface area contributed by atoms with Crippen LogP contribution in [0, 0.1) is 5.82 Å². The molecule has 1 aliphatic heterocycles. The lowest BCUT2D eigenvalue weighted by molar-refractivity contribution is -0.122. The molecule has 0 radical (unpaired) electrons. The molecule has 0 spiro atoms. The molecule has 1 amide bonds. The van der Waals surface area contributed by atoms with E-state index < -0.39 is 0 Å². The highest BCUT2D eigenvalue weighted by molar-refractivity contribution is 8.26. The first-order valence-electron chi connectivity index (χ1n) is 9.88. The van der Waals surface area contributed by atoms with Crippen LogP contribution in [0.2, 0.25) is 0 Å². The molecule has 4 rings (SSSR count). The second-order valence-corrected chi connectivity index (χ2v) is 8.75. The van der Waals surface area contributed by atoms with Gasteiger partial charge in [0.05, 0.1) is 18.6 Å². The predicted molar refractivity (Wildman–Crippen MR) is 129 cm³/mol. The zero-order valence-electron chi connectivity index (χ0n) is 17.3. The van der Waals surface area contributed by atoms with E-state index in [1.165, 1.54) is 23.9 Å². The van der Waals surface area contributed by atoms with Crippen LogP contribution in [0.4, 0.5) is 4.39 Å². The van der Waals surface area contributed by atoms with Gasteiger partial charge in [0.2, 0.25) is 0 Å². The maximum atomic E-state index is 13.4. The number of hydrogen-bond acceptors (Lipinski definition) is 5. The minimum Gasteiger partial charge on any atom is -0.497 e. The summed E-state index contributed by atoms with van der Waals surface area (Å²) in [5.41, 5.74) is 2.45. The fourth-order valence-electron chi connectivity index (χ4n) is 3.21. The highest BCUT2D eigenvalue weighted by atomic mass is 32.2. The maximum Gasteiger partial charge on any atom is 0.266 e. The minimum absolute atomic E-state index is 0.143. The normalized spacial score (nSPS) is 14.8. The quantitative estimate of drug-likeness (QED) is 0.325. The van der Waals surface area contributed by atoms with Gasteiger partial charge >= 0.3 is 0 Å². The van der Waals surface area contributed by atoms with Gasteiger partial charge in [0.15, 0.2) is 0 Å². The van der Waals surface area contributed by atoms with Crippen LogP contribution in [0.15, 0.2) is 77.7 Å². The molecule has 0 bridgehead atoms. The van der Waals surface area contributed by atoms with Crippen molar-refractivity contribution in [2.45, 2.75) is 13.2 Å². The van der Waals surface area contributed by atoms with E-state index in [4.69, 9.17) is 21.7 Å². The summed E-state index contributed by atoms with van der Waals surface area (Å²) in [6, 6.07) is 21.2. The van der Waals surface area contributed by atoms with Crippen molar-refractivity contribution in [1.29, 1.82) is 0 Å².